The van der Waals surface area contributed by atoms with Gasteiger partial charge in [-0.15, -0.1) is 0 Å². The van der Waals surface area contributed by atoms with Crippen molar-refractivity contribution in [3.8, 4) is 0 Å². The van der Waals surface area contributed by atoms with Crippen LogP contribution in [-0.4, -0.2) is 36.0 Å². The van der Waals surface area contributed by atoms with Gasteiger partial charge in [-0.2, -0.15) is 0 Å². The highest BCUT2D eigenvalue weighted by atomic mass is 19.1. The van der Waals surface area contributed by atoms with E-state index in [2.05, 4.69) is 0 Å². The van der Waals surface area contributed by atoms with Gasteiger partial charge in [-0.25, -0.2) is 4.39 Å². The van der Waals surface area contributed by atoms with Crippen LogP contribution in [0.2, 0.25) is 0 Å². The molecule has 0 aliphatic carbocycles. The highest BCUT2D eigenvalue weighted by Crippen LogP contribution is 2.25. The lowest BCUT2D eigenvalue weighted by molar-refractivity contribution is -0.145. The minimum Gasteiger partial charge on any atom is -0.370 e. The second-order valence-corrected chi connectivity index (χ2v) is 5.53. The molecule has 0 saturated carbocycles. The summed E-state index contributed by atoms with van der Waals surface area (Å²) in [5, 5.41) is 0. The number of halogens is 1. The Morgan fingerprint density at radius 2 is 2.00 bits per heavy atom. The first-order chi connectivity index (χ1) is 10.00. The lowest BCUT2D eigenvalue weighted by atomic mass is 9.92. The standard InChI is InChI=1S/C16H23FN2O2/c1-3-16(18,4-2)15(20)19-9-10-21-14(11-19)12-5-7-13(17)8-6-12/h5-8,14H,3-4,9-11,18H2,1-2H3. The average Bonchev–Trinajstić information content (AvgIpc) is 2.54. The van der Waals surface area contributed by atoms with E-state index < -0.39 is 5.54 Å². The summed E-state index contributed by atoms with van der Waals surface area (Å²) in [4.78, 5) is 14.4. The van der Waals surface area contributed by atoms with Crippen molar-refractivity contribution in [1.82, 2.24) is 4.90 Å². The van der Waals surface area contributed by atoms with E-state index in [0.717, 1.165) is 5.56 Å². The summed E-state index contributed by atoms with van der Waals surface area (Å²) >= 11 is 0. The Kier molecular flexibility index (Phi) is 4.96. The van der Waals surface area contributed by atoms with Crippen molar-refractivity contribution in [3.63, 3.8) is 0 Å². The second-order valence-electron chi connectivity index (χ2n) is 5.53. The number of benzene rings is 1. The van der Waals surface area contributed by atoms with E-state index in [1.165, 1.54) is 12.1 Å². The Morgan fingerprint density at radius 1 is 1.38 bits per heavy atom. The van der Waals surface area contributed by atoms with E-state index in [4.69, 9.17) is 10.5 Å². The Bertz CT molecular complexity index is 486. The van der Waals surface area contributed by atoms with Gasteiger partial charge in [0.2, 0.25) is 5.91 Å². The highest BCUT2D eigenvalue weighted by Gasteiger charge is 2.36. The zero-order valence-corrected chi connectivity index (χ0v) is 12.6. The Hall–Kier alpha value is -1.46. The number of nitrogens with zero attached hydrogens (tertiary/aromatic N) is 1. The molecule has 1 fully saturated rings. The fourth-order valence-corrected chi connectivity index (χ4v) is 2.58. The SMILES string of the molecule is CCC(N)(CC)C(=O)N1CCOC(c2ccc(F)cc2)C1. The van der Waals surface area contributed by atoms with Crippen molar-refractivity contribution in [2.75, 3.05) is 19.7 Å². The van der Waals surface area contributed by atoms with Gasteiger partial charge in [0.15, 0.2) is 0 Å². The van der Waals surface area contributed by atoms with E-state index in [9.17, 15) is 9.18 Å². The highest BCUT2D eigenvalue weighted by molar-refractivity contribution is 5.86. The minimum absolute atomic E-state index is 0.0251. The molecule has 0 bridgehead atoms. The smallest absolute Gasteiger partial charge is 0.242 e. The maximum atomic E-state index is 13.0. The maximum Gasteiger partial charge on any atom is 0.242 e. The number of hydrogen-bond acceptors (Lipinski definition) is 3. The maximum absolute atomic E-state index is 13.0. The zero-order valence-electron chi connectivity index (χ0n) is 12.6. The van der Waals surface area contributed by atoms with Gasteiger partial charge in [0.1, 0.15) is 11.9 Å². The van der Waals surface area contributed by atoms with Crippen LogP contribution >= 0.6 is 0 Å². The van der Waals surface area contributed by atoms with Crippen molar-refractivity contribution >= 4 is 5.91 Å². The molecule has 1 saturated heterocycles. The molecule has 1 aromatic rings. The molecule has 1 unspecified atom stereocenters. The van der Waals surface area contributed by atoms with Gasteiger partial charge in [0.05, 0.1) is 18.7 Å². The number of carbonyl (C=O) groups excluding carboxylic acids is 1. The third-order valence-corrected chi connectivity index (χ3v) is 4.28. The van der Waals surface area contributed by atoms with Gasteiger partial charge in [-0.1, -0.05) is 26.0 Å². The topological polar surface area (TPSA) is 55.6 Å². The van der Waals surface area contributed by atoms with Crippen LogP contribution in [0, 0.1) is 5.82 Å². The summed E-state index contributed by atoms with van der Waals surface area (Å²) < 4.78 is 18.7. The van der Waals surface area contributed by atoms with Crippen LogP contribution < -0.4 is 5.73 Å². The van der Waals surface area contributed by atoms with Crippen LogP contribution in [0.5, 0.6) is 0 Å². The van der Waals surface area contributed by atoms with Gasteiger partial charge < -0.3 is 15.4 Å². The fraction of sp³-hybridized carbons (Fsp3) is 0.562. The van der Waals surface area contributed by atoms with Crippen LogP contribution in [0.25, 0.3) is 0 Å². The molecule has 1 aliphatic rings. The summed E-state index contributed by atoms with van der Waals surface area (Å²) in [6.45, 7) is 5.34. The Balaban J connectivity index is 2.10. The van der Waals surface area contributed by atoms with Crippen LogP contribution in [0.3, 0.4) is 0 Å². The predicted octanol–water partition coefficient (Wildman–Crippen LogP) is 2.24. The van der Waals surface area contributed by atoms with Crippen LogP contribution in [0.4, 0.5) is 4.39 Å². The molecule has 1 atom stereocenters. The average molecular weight is 294 g/mol. The molecule has 4 nitrogen and oxygen atoms in total. The van der Waals surface area contributed by atoms with Crippen molar-refractivity contribution < 1.29 is 13.9 Å². The fourth-order valence-electron chi connectivity index (χ4n) is 2.58. The lowest BCUT2D eigenvalue weighted by Gasteiger charge is -2.38. The van der Waals surface area contributed by atoms with Gasteiger partial charge in [-0.05, 0) is 30.5 Å². The molecular weight excluding hydrogens is 271 g/mol. The molecule has 1 aromatic carbocycles. The predicted molar refractivity (Wildman–Crippen MR) is 79.2 cm³/mol. The summed E-state index contributed by atoms with van der Waals surface area (Å²) in [6.07, 6.45) is 1.00. The van der Waals surface area contributed by atoms with E-state index in [-0.39, 0.29) is 17.8 Å². The zero-order chi connectivity index (χ0) is 15.5. The molecule has 21 heavy (non-hydrogen) atoms. The summed E-state index contributed by atoms with van der Waals surface area (Å²) in [6, 6.07) is 6.21. The van der Waals surface area contributed by atoms with Crippen LogP contribution in [0.15, 0.2) is 24.3 Å². The van der Waals surface area contributed by atoms with Crippen LogP contribution in [0.1, 0.15) is 38.4 Å². The molecular formula is C16H23FN2O2. The minimum atomic E-state index is -0.801. The van der Waals surface area contributed by atoms with E-state index >= 15 is 0 Å². The number of nitrogens with two attached hydrogens (primary N) is 1. The first-order valence-corrected chi connectivity index (χ1v) is 7.45. The van der Waals surface area contributed by atoms with Crippen molar-refractivity contribution in [1.29, 1.82) is 0 Å². The van der Waals surface area contributed by atoms with Crippen molar-refractivity contribution in [2.45, 2.75) is 38.3 Å². The number of rotatable bonds is 4. The monoisotopic (exact) mass is 294 g/mol. The van der Waals surface area contributed by atoms with Crippen LogP contribution in [-0.2, 0) is 9.53 Å². The third-order valence-electron chi connectivity index (χ3n) is 4.28. The molecule has 1 amide bonds. The Labute approximate surface area is 125 Å². The molecule has 5 heteroatoms. The largest absolute Gasteiger partial charge is 0.370 e. The first kappa shape index (κ1) is 15.9. The number of hydrogen-bond donors (Lipinski definition) is 1. The van der Waals surface area contributed by atoms with Gasteiger partial charge >= 0.3 is 0 Å². The quantitative estimate of drug-likeness (QED) is 0.926. The van der Waals surface area contributed by atoms with Crippen molar-refractivity contribution in [2.24, 2.45) is 5.73 Å². The van der Waals surface area contributed by atoms with Gasteiger partial charge in [-0.3, -0.25) is 4.79 Å². The number of amides is 1. The molecule has 0 aromatic heterocycles. The summed E-state index contributed by atoms with van der Waals surface area (Å²) in [7, 11) is 0. The molecule has 1 heterocycles. The van der Waals surface area contributed by atoms with Crippen molar-refractivity contribution in [3.05, 3.63) is 35.6 Å². The van der Waals surface area contributed by atoms with E-state index in [1.807, 2.05) is 13.8 Å². The molecule has 0 radical (unpaired) electrons. The number of carbonyl (C=O) groups is 1. The number of ether oxygens (including phenoxy) is 1. The summed E-state index contributed by atoms with van der Waals surface area (Å²) in [5.74, 6) is -0.302. The third kappa shape index (κ3) is 3.41. The number of morpholine rings is 1. The molecule has 0 spiro atoms. The van der Waals surface area contributed by atoms with E-state index in [0.29, 0.717) is 32.5 Å². The normalized spacial score (nSPS) is 19.6. The van der Waals surface area contributed by atoms with Gasteiger partial charge in [0.25, 0.3) is 0 Å². The Morgan fingerprint density at radius 3 is 2.57 bits per heavy atom. The lowest BCUT2D eigenvalue weighted by Crippen LogP contribution is -2.57. The molecule has 1 aliphatic heterocycles. The first-order valence-electron chi connectivity index (χ1n) is 7.45. The summed E-state index contributed by atoms with van der Waals surface area (Å²) in [5.41, 5.74) is 6.27. The molecule has 2 N–H and O–H groups in total. The van der Waals surface area contributed by atoms with Gasteiger partial charge in [0, 0.05) is 6.54 Å². The second kappa shape index (κ2) is 6.54. The molecule has 2 rings (SSSR count). The van der Waals surface area contributed by atoms with E-state index in [1.54, 1.807) is 17.0 Å². The molecule has 116 valence electrons.